The molecule has 0 saturated carbocycles. The number of hydrogen-bond donors (Lipinski definition) is 0. The summed E-state index contributed by atoms with van der Waals surface area (Å²) in [6.45, 7) is 0.603. The number of halogens is 3. The average molecular weight is 331 g/mol. The van der Waals surface area contributed by atoms with Crippen molar-refractivity contribution in [3.63, 3.8) is 0 Å². The molecule has 0 aliphatic heterocycles. The normalized spacial score (nSPS) is 10.4. The third-order valence-corrected chi connectivity index (χ3v) is 3.67. The maximum atomic E-state index is 12.8. The summed E-state index contributed by atoms with van der Waals surface area (Å²) < 4.78 is 13.5. The van der Waals surface area contributed by atoms with Gasteiger partial charge in [-0.1, -0.05) is 23.7 Å². The van der Waals surface area contributed by atoms with Crippen molar-refractivity contribution in [3.05, 3.63) is 51.6 Å². The summed E-state index contributed by atoms with van der Waals surface area (Å²) in [7, 11) is 1.88. The Labute approximate surface area is 118 Å². The van der Waals surface area contributed by atoms with Gasteiger partial charge in [0.15, 0.2) is 0 Å². The molecule has 0 spiro atoms. The number of nitrogens with zero attached hydrogens (tertiary/aromatic N) is 3. The van der Waals surface area contributed by atoms with Gasteiger partial charge < -0.3 is 4.90 Å². The molecule has 2 aromatic rings. The topological polar surface area (TPSA) is 29.0 Å². The SMILES string of the molecule is CN(Cc1ccc(F)cc1)c1ncnc(Cl)c1Br. The van der Waals surface area contributed by atoms with Gasteiger partial charge in [0.2, 0.25) is 0 Å². The summed E-state index contributed by atoms with van der Waals surface area (Å²) in [4.78, 5) is 9.94. The summed E-state index contributed by atoms with van der Waals surface area (Å²) >= 11 is 9.25. The number of rotatable bonds is 3. The molecule has 0 saturated heterocycles. The quantitative estimate of drug-likeness (QED) is 0.804. The van der Waals surface area contributed by atoms with Gasteiger partial charge in [0.1, 0.15) is 23.1 Å². The van der Waals surface area contributed by atoms with Crippen molar-refractivity contribution in [3.8, 4) is 0 Å². The van der Waals surface area contributed by atoms with Crippen molar-refractivity contribution < 1.29 is 4.39 Å². The Balaban J connectivity index is 2.19. The summed E-state index contributed by atoms with van der Waals surface area (Å²) in [6.07, 6.45) is 1.41. The fourth-order valence-corrected chi connectivity index (χ4v) is 2.18. The van der Waals surface area contributed by atoms with Crippen LogP contribution in [0.2, 0.25) is 5.15 Å². The molecule has 0 atom stereocenters. The molecule has 1 heterocycles. The van der Waals surface area contributed by atoms with Crippen LogP contribution in [0.5, 0.6) is 0 Å². The third-order valence-electron chi connectivity index (χ3n) is 2.42. The van der Waals surface area contributed by atoms with Gasteiger partial charge >= 0.3 is 0 Å². The Morgan fingerprint density at radius 2 is 1.94 bits per heavy atom. The van der Waals surface area contributed by atoms with E-state index in [2.05, 4.69) is 25.9 Å². The first kappa shape index (κ1) is 13.2. The highest BCUT2D eigenvalue weighted by Gasteiger charge is 2.11. The number of aromatic nitrogens is 2. The molecule has 0 amide bonds. The fraction of sp³-hybridized carbons (Fsp3) is 0.167. The maximum absolute atomic E-state index is 12.8. The molecule has 0 aliphatic rings. The van der Waals surface area contributed by atoms with E-state index in [4.69, 9.17) is 11.6 Å². The highest BCUT2D eigenvalue weighted by molar-refractivity contribution is 9.10. The van der Waals surface area contributed by atoms with Crippen LogP contribution in [0, 0.1) is 5.82 Å². The van der Waals surface area contributed by atoms with Crippen molar-refractivity contribution in [1.82, 2.24) is 9.97 Å². The smallest absolute Gasteiger partial charge is 0.148 e. The van der Waals surface area contributed by atoms with Crippen LogP contribution in [0.15, 0.2) is 35.1 Å². The van der Waals surface area contributed by atoms with E-state index in [9.17, 15) is 4.39 Å². The van der Waals surface area contributed by atoms with E-state index in [-0.39, 0.29) is 5.82 Å². The molecule has 0 radical (unpaired) electrons. The molecule has 0 unspecified atom stereocenters. The predicted molar refractivity (Wildman–Crippen MR) is 73.2 cm³/mol. The van der Waals surface area contributed by atoms with E-state index < -0.39 is 0 Å². The first-order valence-electron chi connectivity index (χ1n) is 5.19. The lowest BCUT2D eigenvalue weighted by molar-refractivity contribution is 0.627. The van der Waals surface area contributed by atoms with E-state index in [1.54, 1.807) is 12.1 Å². The van der Waals surface area contributed by atoms with Gasteiger partial charge in [-0.05, 0) is 33.6 Å². The highest BCUT2D eigenvalue weighted by atomic mass is 79.9. The monoisotopic (exact) mass is 329 g/mol. The van der Waals surface area contributed by atoms with Gasteiger partial charge in [0.25, 0.3) is 0 Å². The molecule has 0 fully saturated rings. The number of benzene rings is 1. The fourth-order valence-electron chi connectivity index (χ4n) is 1.54. The molecule has 1 aromatic heterocycles. The minimum atomic E-state index is -0.243. The van der Waals surface area contributed by atoms with Crippen molar-refractivity contribution in [2.45, 2.75) is 6.54 Å². The van der Waals surface area contributed by atoms with Crippen molar-refractivity contribution >= 4 is 33.3 Å². The molecule has 6 heteroatoms. The van der Waals surface area contributed by atoms with E-state index in [1.807, 2.05) is 11.9 Å². The van der Waals surface area contributed by atoms with Crippen LogP contribution in [0.25, 0.3) is 0 Å². The van der Waals surface area contributed by atoms with Crippen molar-refractivity contribution in [1.29, 1.82) is 0 Å². The minimum Gasteiger partial charge on any atom is -0.354 e. The lowest BCUT2D eigenvalue weighted by Gasteiger charge is -2.19. The summed E-state index contributed by atoms with van der Waals surface area (Å²) in [5.74, 6) is 0.451. The second-order valence-electron chi connectivity index (χ2n) is 3.78. The van der Waals surface area contributed by atoms with E-state index in [0.29, 0.717) is 22.0 Å². The van der Waals surface area contributed by atoms with Crippen molar-refractivity contribution in [2.75, 3.05) is 11.9 Å². The zero-order valence-corrected chi connectivity index (χ0v) is 11.9. The Bertz CT molecular complexity index is 548. The largest absolute Gasteiger partial charge is 0.354 e. The first-order chi connectivity index (χ1) is 8.58. The van der Waals surface area contributed by atoms with Gasteiger partial charge in [-0.25, -0.2) is 14.4 Å². The van der Waals surface area contributed by atoms with E-state index in [0.717, 1.165) is 5.56 Å². The molecule has 2 rings (SSSR count). The second-order valence-corrected chi connectivity index (χ2v) is 4.94. The second kappa shape index (κ2) is 5.63. The Morgan fingerprint density at radius 3 is 2.61 bits per heavy atom. The summed E-state index contributed by atoms with van der Waals surface area (Å²) in [5, 5.41) is 0.367. The number of hydrogen-bond acceptors (Lipinski definition) is 3. The van der Waals surface area contributed by atoms with Gasteiger partial charge in [0.05, 0.1) is 4.47 Å². The van der Waals surface area contributed by atoms with Gasteiger partial charge in [-0.3, -0.25) is 0 Å². The van der Waals surface area contributed by atoms with Gasteiger partial charge in [-0.15, -0.1) is 0 Å². The van der Waals surface area contributed by atoms with Crippen LogP contribution < -0.4 is 4.90 Å². The van der Waals surface area contributed by atoms with Crippen LogP contribution in [0.4, 0.5) is 10.2 Å². The van der Waals surface area contributed by atoms with Crippen LogP contribution in [0.1, 0.15) is 5.56 Å². The lowest BCUT2D eigenvalue weighted by atomic mass is 10.2. The van der Waals surface area contributed by atoms with Crippen molar-refractivity contribution in [2.24, 2.45) is 0 Å². The molecule has 1 aromatic carbocycles. The number of anilines is 1. The summed E-state index contributed by atoms with van der Waals surface area (Å²) in [6, 6.07) is 6.35. The van der Waals surface area contributed by atoms with Crippen LogP contribution in [-0.2, 0) is 6.54 Å². The first-order valence-corrected chi connectivity index (χ1v) is 6.36. The molecular weight excluding hydrogens is 321 g/mol. The Hall–Kier alpha value is -1.20. The van der Waals surface area contributed by atoms with Gasteiger partial charge in [-0.2, -0.15) is 0 Å². The highest BCUT2D eigenvalue weighted by Crippen LogP contribution is 2.29. The molecule has 3 nitrogen and oxygen atoms in total. The van der Waals surface area contributed by atoms with Crippen LogP contribution in [0.3, 0.4) is 0 Å². The zero-order valence-electron chi connectivity index (χ0n) is 9.57. The predicted octanol–water partition coefficient (Wildman–Crippen LogP) is 3.67. The van der Waals surface area contributed by atoms with E-state index >= 15 is 0 Å². The molecule has 94 valence electrons. The van der Waals surface area contributed by atoms with Crippen LogP contribution >= 0.6 is 27.5 Å². The summed E-state index contributed by atoms with van der Waals surface area (Å²) in [5.41, 5.74) is 0.987. The van der Waals surface area contributed by atoms with Crippen LogP contribution in [-0.4, -0.2) is 17.0 Å². The third kappa shape index (κ3) is 2.97. The van der Waals surface area contributed by atoms with E-state index in [1.165, 1.54) is 18.5 Å². The van der Waals surface area contributed by atoms with Gasteiger partial charge in [0, 0.05) is 13.6 Å². The average Bonchev–Trinajstić information content (AvgIpc) is 2.35. The Morgan fingerprint density at radius 1 is 1.28 bits per heavy atom. The standard InChI is InChI=1S/C12H10BrClFN3/c1-18(6-8-2-4-9(15)5-3-8)12-10(13)11(14)16-7-17-12/h2-5,7H,6H2,1H3. The minimum absolute atomic E-state index is 0.243. The molecule has 0 N–H and O–H groups in total. The Kier molecular flexibility index (Phi) is 4.14. The molecular formula is C12H10BrClFN3. The molecule has 0 aliphatic carbocycles. The zero-order chi connectivity index (χ0) is 13.1. The lowest BCUT2D eigenvalue weighted by Crippen LogP contribution is -2.18. The molecule has 18 heavy (non-hydrogen) atoms. The molecule has 0 bridgehead atoms. The maximum Gasteiger partial charge on any atom is 0.148 e.